The molecule has 3 nitrogen and oxygen atoms in total. The van der Waals surface area contributed by atoms with Crippen molar-refractivity contribution in [2.45, 2.75) is 123 Å². The summed E-state index contributed by atoms with van der Waals surface area (Å²) in [5.74, 6) is -0.478. The van der Waals surface area contributed by atoms with E-state index in [1.165, 1.54) is 83.5 Å². The topological polar surface area (TPSA) is 27.7 Å². The summed E-state index contributed by atoms with van der Waals surface area (Å²) >= 11 is 0. The molecule has 1 heterocycles. The van der Waals surface area contributed by atoms with Gasteiger partial charge < -0.3 is 14.2 Å². The van der Waals surface area contributed by atoms with Crippen molar-refractivity contribution in [2.24, 2.45) is 0 Å². The molecule has 154 valence electrons. The molecule has 0 aliphatic carbocycles. The van der Waals surface area contributed by atoms with Gasteiger partial charge in [0.1, 0.15) is 6.61 Å². The SMILES string of the molecule is CCCCCCCCC=CCCCCCCCCOC1COC(C)(C)O1. The van der Waals surface area contributed by atoms with Crippen LogP contribution in [-0.4, -0.2) is 25.3 Å². The van der Waals surface area contributed by atoms with E-state index in [9.17, 15) is 0 Å². The molecule has 1 aliphatic heterocycles. The van der Waals surface area contributed by atoms with Gasteiger partial charge in [-0.1, -0.05) is 76.9 Å². The first kappa shape index (κ1) is 23.7. The van der Waals surface area contributed by atoms with Crippen LogP contribution in [0, 0.1) is 0 Å². The summed E-state index contributed by atoms with van der Waals surface area (Å²) in [4.78, 5) is 0. The predicted molar refractivity (Wildman–Crippen MR) is 110 cm³/mol. The van der Waals surface area contributed by atoms with Gasteiger partial charge in [0.05, 0.1) is 0 Å². The van der Waals surface area contributed by atoms with E-state index in [0.29, 0.717) is 6.61 Å². The molecule has 1 fully saturated rings. The molecule has 1 aliphatic rings. The van der Waals surface area contributed by atoms with E-state index in [4.69, 9.17) is 14.2 Å². The van der Waals surface area contributed by atoms with Crippen molar-refractivity contribution in [3.05, 3.63) is 12.2 Å². The molecular formula is C23H44O3. The third-order valence-corrected chi connectivity index (χ3v) is 4.94. The van der Waals surface area contributed by atoms with Crippen LogP contribution in [0.15, 0.2) is 12.2 Å². The average Bonchev–Trinajstić information content (AvgIpc) is 2.96. The molecule has 3 heteroatoms. The van der Waals surface area contributed by atoms with Crippen LogP contribution in [0.4, 0.5) is 0 Å². The molecule has 1 atom stereocenters. The molecule has 0 saturated carbocycles. The van der Waals surface area contributed by atoms with Crippen LogP contribution in [0.5, 0.6) is 0 Å². The molecule has 1 saturated heterocycles. The standard InChI is InChI=1S/C23H44O3/c1-4-5-6-7-8-9-10-11-12-13-14-15-16-17-18-19-20-24-22-21-25-23(2,3)26-22/h11-12,22H,4-10,13-21H2,1-3H3. The third-order valence-electron chi connectivity index (χ3n) is 4.94. The van der Waals surface area contributed by atoms with Gasteiger partial charge in [-0.25, -0.2) is 0 Å². The van der Waals surface area contributed by atoms with Gasteiger partial charge in [-0.15, -0.1) is 0 Å². The highest BCUT2D eigenvalue weighted by Gasteiger charge is 2.32. The van der Waals surface area contributed by atoms with Crippen LogP contribution in [0.1, 0.15) is 111 Å². The van der Waals surface area contributed by atoms with E-state index >= 15 is 0 Å². The van der Waals surface area contributed by atoms with Crippen LogP contribution in [0.2, 0.25) is 0 Å². The molecule has 0 aromatic rings. The Labute approximate surface area is 162 Å². The Hall–Kier alpha value is -0.380. The van der Waals surface area contributed by atoms with Crippen molar-refractivity contribution in [2.75, 3.05) is 13.2 Å². The lowest BCUT2D eigenvalue weighted by Crippen LogP contribution is -2.23. The van der Waals surface area contributed by atoms with Crippen LogP contribution >= 0.6 is 0 Å². The van der Waals surface area contributed by atoms with Gasteiger partial charge in [0.25, 0.3) is 0 Å². The maximum atomic E-state index is 5.70. The molecule has 0 spiro atoms. The summed E-state index contributed by atoms with van der Waals surface area (Å²) in [7, 11) is 0. The molecule has 0 aromatic heterocycles. The smallest absolute Gasteiger partial charge is 0.184 e. The Kier molecular flexibility index (Phi) is 14.2. The fourth-order valence-electron chi connectivity index (χ4n) is 3.30. The lowest BCUT2D eigenvalue weighted by molar-refractivity contribution is -0.190. The van der Waals surface area contributed by atoms with Gasteiger partial charge in [0, 0.05) is 6.61 Å². The summed E-state index contributed by atoms with van der Waals surface area (Å²) in [6.07, 6.45) is 23.3. The quantitative estimate of drug-likeness (QED) is 0.201. The first-order valence-electron chi connectivity index (χ1n) is 11.2. The molecular weight excluding hydrogens is 324 g/mol. The summed E-state index contributed by atoms with van der Waals surface area (Å²) in [6.45, 7) is 7.48. The van der Waals surface area contributed by atoms with Gasteiger partial charge in [0.15, 0.2) is 12.1 Å². The Bertz CT molecular complexity index is 338. The van der Waals surface area contributed by atoms with Crippen molar-refractivity contribution in [1.82, 2.24) is 0 Å². The monoisotopic (exact) mass is 368 g/mol. The largest absolute Gasteiger partial charge is 0.350 e. The van der Waals surface area contributed by atoms with E-state index in [1.54, 1.807) is 0 Å². The van der Waals surface area contributed by atoms with Crippen molar-refractivity contribution in [3.8, 4) is 0 Å². The van der Waals surface area contributed by atoms with Gasteiger partial charge >= 0.3 is 0 Å². The number of rotatable bonds is 17. The number of unbranched alkanes of at least 4 members (excludes halogenated alkanes) is 12. The fraction of sp³-hybridized carbons (Fsp3) is 0.913. The van der Waals surface area contributed by atoms with Crippen molar-refractivity contribution < 1.29 is 14.2 Å². The van der Waals surface area contributed by atoms with Gasteiger partial charge in [-0.3, -0.25) is 0 Å². The molecule has 0 amide bonds. The van der Waals surface area contributed by atoms with E-state index in [-0.39, 0.29) is 6.29 Å². The molecule has 1 unspecified atom stereocenters. The molecule has 0 radical (unpaired) electrons. The Balaban J connectivity index is 1.74. The minimum absolute atomic E-state index is 0.173. The zero-order valence-electron chi connectivity index (χ0n) is 17.8. The van der Waals surface area contributed by atoms with Crippen molar-refractivity contribution in [1.29, 1.82) is 0 Å². The zero-order chi connectivity index (χ0) is 18.9. The van der Waals surface area contributed by atoms with E-state index in [0.717, 1.165) is 13.0 Å². The number of ether oxygens (including phenoxy) is 3. The molecule has 0 aromatic carbocycles. The van der Waals surface area contributed by atoms with Crippen LogP contribution in [0.25, 0.3) is 0 Å². The lowest BCUT2D eigenvalue weighted by Gasteiger charge is -2.16. The fourth-order valence-corrected chi connectivity index (χ4v) is 3.30. The second kappa shape index (κ2) is 15.7. The minimum Gasteiger partial charge on any atom is -0.350 e. The highest BCUT2D eigenvalue weighted by atomic mass is 16.8. The third kappa shape index (κ3) is 13.8. The summed E-state index contributed by atoms with van der Waals surface area (Å²) < 4.78 is 16.8. The Morgan fingerprint density at radius 2 is 1.35 bits per heavy atom. The highest BCUT2D eigenvalue weighted by molar-refractivity contribution is 4.81. The average molecular weight is 369 g/mol. The molecule has 26 heavy (non-hydrogen) atoms. The van der Waals surface area contributed by atoms with E-state index < -0.39 is 5.79 Å². The van der Waals surface area contributed by atoms with Gasteiger partial charge in [0.2, 0.25) is 0 Å². The second-order valence-corrected chi connectivity index (χ2v) is 8.07. The first-order chi connectivity index (χ1) is 12.6. The predicted octanol–water partition coefficient (Wildman–Crippen LogP) is 7.15. The zero-order valence-corrected chi connectivity index (χ0v) is 17.8. The summed E-state index contributed by atoms with van der Waals surface area (Å²) in [5, 5.41) is 0. The molecule has 0 N–H and O–H groups in total. The van der Waals surface area contributed by atoms with Crippen LogP contribution in [0.3, 0.4) is 0 Å². The first-order valence-corrected chi connectivity index (χ1v) is 11.2. The number of hydrogen-bond acceptors (Lipinski definition) is 3. The van der Waals surface area contributed by atoms with Gasteiger partial charge in [-0.05, 0) is 46.0 Å². The van der Waals surface area contributed by atoms with Crippen LogP contribution in [-0.2, 0) is 14.2 Å². The normalized spacial score (nSPS) is 19.6. The minimum atomic E-state index is -0.478. The highest BCUT2D eigenvalue weighted by Crippen LogP contribution is 2.23. The van der Waals surface area contributed by atoms with E-state index in [2.05, 4.69) is 19.1 Å². The summed E-state index contributed by atoms with van der Waals surface area (Å²) in [5.41, 5.74) is 0. The molecule has 0 bridgehead atoms. The Morgan fingerprint density at radius 3 is 1.88 bits per heavy atom. The lowest BCUT2D eigenvalue weighted by atomic mass is 10.1. The van der Waals surface area contributed by atoms with E-state index in [1.807, 2.05) is 13.8 Å². The number of hydrogen-bond donors (Lipinski definition) is 0. The Morgan fingerprint density at radius 1 is 0.808 bits per heavy atom. The molecule has 1 rings (SSSR count). The second-order valence-electron chi connectivity index (χ2n) is 8.07. The maximum Gasteiger partial charge on any atom is 0.184 e. The van der Waals surface area contributed by atoms with Crippen molar-refractivity contribution >= 4 is 0 Å². The van der Waals surface area contributed by atoms with Crippen molar-refractivity contribution in [3.63, 3.8) is 0 Å². The van der Waals surface area contributed by atoms with Gasteiger partial charge in [-0.2, -0.15) is 0 Å². The number of allylic oxidation sites excluding steroid dienone is 2. The van der Waals surface area contributed by atoms with Crippen LogP contribution < -0.4 is 0 Å². The summed E-state index contributed by atoms with van der Waals surface area (Å²) in [6, 6.07) is 0. The maximum absolute atomic E-state index is 5.70.